The summed E-state index contributed by atoms with van der Waals surface area (Å²) >= 11 is 9.50. The van der Waals surface area contributed by atoms with E-state index in [1.165, 1.54) is 31.2 Å². The molecule has 100 valence electrons. The van der Waals surface area contributed by atoms with Gasteiger partial charge in [0.15, 0.2) is 0 Å². The summed E-state index contributed by atoms with van der Waals surface area (Å²) in [6.07, 6.45) is 5.46. The summed E-state index contributed by atoms with van der Waals surface area (Å²) in [5.74, 6) is 1.00. The van der Waals surface area contributed by atoms with Crippen molar-refractivity contribution in [3.63, 3.8) is 0 Å². The van der Waals surface area contributed by atoms with Crippen molar-refractivity contribution < 1.29 is 0 Å². The van der Waals surface area contributed by atoms with E-state index in [-0.39, 0.29) is 6.04 Å². The Morgan fingerprint density at radius 3 is 2.83 bits per heavy atom. The maximum atomic E-state index is 5.95. The number of benzene rings is 1. The van der Waals surface area contributed by atoms with Crippen LogP contribution in [0.25, 0.3) is 0 Å². The Hall–Kier alpha value is -0.0900. The first kappa shape index (κ1) is 14.3. The van der Waals surface area contributed by atoms with Crippen LogP contribution in [-0.4, -0.2) is 13.1 Å². The Labute approximate surface area is 122 Å². The van der Waals surface area contributed by atoms with E-state index in [0.29, 0.717) is 6.54 Å². The minimum absolute atomic E-state index is 0.204. The van der Waals surface area contributed by atoms with Crippen molar-refractivity contribution in [1.82, 2.24) is 5.32 Å². The van der Waals surface area contributed by atoms with Gasteiger partial charge in [0.25, 0.3) is 0 Å². The third-order valence-electron chi connectivity index (χ3n) is 3.45. The molecule has 1 atom stereocenters. The Morgan fingerprint density at radius 1 is 1.44 bits per heavy atom. The van der Waals surface area contributed by atoms with Gasteiger partial charge in [-0.2, -0.15) is 0 Å². The number of rotatable bonds is 7. The summed E-state index contributed by atoms with van der Waals surface area (Å²) in [6.45, 7) is 1.64. The molecule has 18 heavy (non-hydrogen) atoms. The maximum absolute atomic E-state index is 5.95. The van der Waals surface area contributed by atoms with Crippen LogP contribution in [0.3, 0.4) is 0 Å². The molecule has 2 rings (SSSR count). The topological polar surface area (TPSA) is 38.0 Å². The van der Waals surface area contributed by atoms with E-state index in [4.69, 9.17) is 17.3 Å². The zero-order chi connectivity index (χ0) is 13.0. The quantitative estimate of drug-likeness (QED) is 0.744. The first-order valence-electron chi connectivity index (χ1n) is 6.59. The van der Waals surface area contributed by atoms with Crippen LogP contribution in [0.2, 0.25) is 5.02 Å². The van der Waals surface area contributed by atoms with Crippen LogP contribution in [0.15, 0.2) is 22.7 Å². The lowest BCUT2D eigenvalue weighted by Crippen LogP contribution is -2.29. The highest BCUT2D eigenvalue weighted by Gasteiger charge is 2.20. The summed E-state index contributed by atoms with van der Waals surface area (Å²) in [5.41, 5.74) is 7.04. The van der Waals surface area contributed by atoms with E-state index in [1.54, 1.807) is 0 Å². The van der Waals surface area contributed by atoms with Gasteiger partial charge in [0.1, 0.15) is 0 Å². The molecule has 0 saturated heterocycles. The van der Waals surface area contributed by atoms with Crippen molar-refractivity contribution in [2.75, 3.05) is 13.1 Å². The molecule has 1 aliphatic rings. The normalized spacial score (nSPS) is 16.8. The number of halogens is 2. The first-order valence-corrected chi connectivity index (χ1v) is 7.76. The van der Waals surface area contributed by atoms with Crippen molar-refractivity contribution in [3.8, 4) is 0 Å². The first-order chi connectivity index (χ1) is 8.70. The third-order valence-corrected chi connectivity index (χ3v) is 4.37. The monoisotopic (exact) mass is 330 g/mol. The fraction of sp³-hybridized carbons (Fsp3) is 0.571. The zero-order valence-corrected chi connectivity index (χ0v) is 12.8. The molecule has 1 aromatic carbocycles. The van der Waals surface area contributed by atoms with E-state index >= 15 is 0 Å². The minimum Gasteiger partial charge on any atom is -0.329 e. The molecular formula is C14H20BrClN2. The predicted octanol–water partition coefficient (Wildman–Crippen LogP) is 3.88. The number of hydrogen-bond acceptors (Lipinski definition) is 2. The second-order valence-electron chi connectivity index (χ2n) is 4.99. The number of nitrogens with two attached hydrogens (primary N) is 1. The molecule has 0 spiro atoms. The molecule has 1 aliphatic carbocycles. The van der Waals surface area contributed by atoms with Gasteiger partial charge in [0.05, 0.1) is 0 Å². The van der Waals surface area contributed by atoms with Gasteiger partial charge in [-0.15, -0.1) is 0 Å². The molecule has 1 unspecified atom stereocenters. The Bertz CT molecular complexity index is 393. The molecule has 3 N–H and O–H groups in total. The fourth-order valence-electron chi connectivity index (χ4n) is 2.18. The van der Waals surface area contributed by atoms with Crippen LogP contribution < -0.4 is 11.1 Å². The molecule has 2 nitrogen and oxygen atoms in total. The maximum Gasteiger partial charge on any atom is 0.0455 e. The van der Waals surface area contributed by atoms with Crippen molar-refractivity contribution in [1.29, 1.82) is 0 Å². The highest BCUT2D eigenvalue weighted by atomic mass is 79.9. The van der Waals surface area contributed by atoms with Gasteiger partial charge in [-0.05, 0) is 43.0 Å². The van der Waals surface area contributed by atoms with Crippen molar-refractivity contribution in [3.05, 3.63) is 33.3 Å². The van der Waals surface area contributed by atoms with Gasteiger partial charge in [0.2, 0.25) is 0 Å². The average Bonchev–Trinajstić information content (AvgIpc) is 3.15. The van der Waals surface area contributed by atoms with Gasteiger partial charge in [-0.3, -0.25) is 0 Å². The SMILES string of the molecule is NCC(NCCCC1CC1)c1ccc(Cl)cc1Br. The molecular weight excluding hydrogens is 312 g/mol. The highest BCUT2D eigenvalue weighted by Crippen LogP contribution is 2.33. The van der Waals surface area contributed by atoms with Crippen molar-refractivity contribution >= 4 is 27.5 Å². The molecule has 0 radical (unpaired) electrons. The van der Waals surface area contributed by atoms with Crippen molar-refractivity contribution in [2.24, 2.45) is 11.7 Å². The van der Waals surface area contributed by atoms with Gasteiger partial charge >= 0.3 is 0 Å². The molecule has 0 bridgehead atoms. The Morgan fingerprint density at radius 2 is 2.22 bits per heavy atom. The zero-order valence-electron chi connectivity index (χ0n) is 10.5. The number of nitrogens with one attached hydrogen (secondary N) is 1. The fourth-order valence-corrected chi connectivity index (χ4v) is 3.14. The minimum atomic E-state index is 0.204. The van der Waals surface area contributed by atoms with Gasteiger partial charge in [0, 0.05) is 22.1 Å². The molecule has 1 saturated carbocycles. The molecule has 0 aliphatic heterocycles. The summed E-state index contributed by atoms with van der Waals surface area (Å²) in [4.78, 5) is 0. The van der Waals surface area contributed by atoms with E-state index < -0.39 is 0 Å². The van der Waals surface area contributed by atoms with Gasteiger partial charge < -0.3 is 11.1 Å². The standard InChI is InChI=1S/C14H20BrClN2/c15-13-8-11(16)5-6-12(13)14(9-17)18-7-1-2-10-3-4-10/h5-6,8,10,14,18H,1-4,7,9,17H2. The summed E-state index contributed by atoms with van der Waals surface area (Å²) in [6, 6.07) is 6.08. The second-order valence-corrected chi connectivity index (χ2v) is 6.28. The van der Waals surface area contributed by atoms with Gasteiger partial charge in [-0.1, -0.05) is 46.4 Å². The smallest absolute Gasteiger partial charge is 0.0455 e. The van der Waals surface area contributed by atoms with Crippen LogP contribution in [0.5, 0.6) is 0 Å². The Balaban J connectivity index is 1.85. The molecule has 1 aromatic rings. The summed E-state index contributed by atoms with van der Waals surface area (Å²) in [5, 5.41) is 4.28. The van der Waals surface area contributed by atoms with E-state index in [1.807, 2.05) is 18.2 Å². The average molecular weight is 332 g/mol. The molecule has 0 amide bonds. The lowest BCUT2D eigenvalue weighted by molar-refractivity contribution is 0.511. The van der Waals surface area contributed by atoms with Gasteiger partial charge in [-0.25, -0.2) is 0 Å². The van der Waals surface area contributed by atoms with Crippen LogP contribution in [0, 0.1) is 5.92 Å². The highest BCUT2D eigenvalue weighted by molar-refractivity contribution is 9.10. The van der Waals surface area contributed by atoms with Crippen molar-refractivity contribution in [2.45, 2.75) is 31.7 Å². The Kier molecular flexibility index (Phi) is 5.49. The van der Waals surface area contributed by atoms with E-state index in [9.17, 15) is 0 Å². The summed E-state index contributed by atoms with van der Waals surface area (Å²) < 4.78 is 1.03. The van der Waals surface area contributed by atoms with Crippen LogP contribution in [-0.2, 0) is 0 Å². The summed E-state index contributed by atoms with van der Waals surface area (Å²) in [7, 11) is 0. The largest absolute Gasteiger partial charge is 0.329 e. The molecule has 0 aromatic heterocycles. The number of hydrogen-bond donors (Lipinski definition) is 2. The molecule has 4 heteroatoms. The lowest BCUT2D eigenvalue weighted by Gasteiger charge is -2.19. The molecule has 0 heterocycles. The van der Waals surface area contributed by atoms with E-state index in [0.717, 1.165) is 22.0 Å². The van der Waals surface area contributed by atoms with Crippen LogP contribution in [0.1, 0.15) is 37.3 Å². The van der Waals surface area contributed by atoms with E-state index in [2.05, 4.69) is 21.2 Å². The molecule has 1 fully saturated rings. The third kappa shape index (κ3) is 4.23. The van der Waals surface area contributed by atoms with Crippen LogP contribution >= 0.6 is 27.5 Å². The predicted molar refractivity (Wildman–Crippen MR) is 80.9 cm³/mol. The van der Waals surface area contributed by atoms with Crippen LogP contribution in [0.4, 0.5) is 0 Å². The second kappa shape index (κ2) is 6.90. The lowest BCUT2D eigenvalue weighted by atomic mass is 10.1.